The van der Waals surface area contributed by atoms with Gasteiger partial charge in [0.05, 0.1) is 0 Å². The van der Waals surface area contributed by atoms with Crippen molar-refractivity contribution >= 4 is 29.2 Å². The number of carbonyl (C=O) groups is 2. The zero-order chi connectivity index (χ0) is 17.8. The van der Waals surface area contributed by atoms with Crippen LogP contribution in [0.1, 0.15) is 15.4 Å². The number of thiazole rings is 1. The molecule has 1 saturated heterocycles. The summed E-state index contributed by atoms with van der Waals surface area (Å²) in [5.74, 6) is -2.55. The van der Waals surface area contributed by atoms with Crippen molar-refractivity contribution in [2.75, 3.05) is 26.2 Å². The molecule has 25 heavy (non-hydrogen) atoms. The van der Waals surface area contributed by atoms with Gasteiger partial charge in [-0.05, 0) is 24.3 Å². The van der Waals surface area contributed by atoms with Crippen LogP contribution in [0.4, 0.5) is 8.78 Å². The van der Waals surface area contributed by atoms with Gasteiger partial charge in [0.2, 0.25) is 5.91 Å². The molecule has 0 spiro atoms. The number of nitrogens with zero attached hydrogens (tertiary/aromatic N) is 3. The highest BCUT2D eigenvalue weighted by molar-refractivity contribution is 7.10. The minimum Gasteiger partial charge on any atom is -0.336 e. The highest BCUT2D eigenvalue weighted by atomic mass is 32.1. The van der Waals surface area contributed by atoms with Crippen LogP contribution in [0.2, 0.25) is 0 Å². The third-order valence-electron chi connectivity index (χ3n) is 3.87. The summed E-state index contributed by atoms with van der Waals surface area (Å²) in [4.78, 5) is 31.7. The molecular formula is C17H15F2N3O2S. The number of benzene rings is 1. The van der Waals surface area contributed by atoms with E-state index in [4.69, 9.17) is 0 Å². The van der Waals surface area contributed by atoms with Crippen molar-refractivity contribution in [2.24, 2.45) is 0 Å². The van der Waals surface area contributed by atoms with Gasteiger partial charge in [-0.15, -0.1) is 11.3 Å². The van der Waals surface area contributed by atoms with Crippen molar-refractivity contribution in [3.63, 3.8) is 0 Å². The first kappa shape index (κ1) is 17.2. The van der Waals surface area contributed by atoms with E-state index in [1.807, 2.05) is 5.38 Å². The van der Waals surface area contributed by atoms with Crippen LogP contribution in [0, 0.1) is 11.6 Å². The second-order valence-electron chi connectivity index (χ2n) is 5.45. The topological polar surface area (TPSA) is 53.5 Å². The van der Waals surface area contributed by atoms with Gasteiger partial charge in [0.1, 0.15) is 5.01 Å². The van der Waals surface area contributed by atoms with E-state index in [1.165, 1.54) is 28.4 Å². The molecule has 0 atom stereocenters. The summed E-state index contributed by atoms with van der Waals surface area (Å²) >= 11 is 1.44. The van der Waals surface area contributed by atoms with Gasteiger partial charge in [0, 0.05) is 49.4 Å². The van der Waals surface area contributed by atoms with Crippen LogP contribution in [-0.2, 0) is 4.79 Å². The maximum absolute atomic E-state index is 13.3. The highest BCUT2D eigenvalue weighted by Crippen LogP contribution is 2.13. The fourth-order valence-corrected chi connectivity index (χ4v) is 3.04. The summed E-state index contributed by atoms with van der Waals surface area (Å²) < 4.78 is 26.2. The van der Waals surface area contributed by atoms with E-state index in [9.17, 15) is 18.4 Å². The first-order valence-electron chi connectivity index (χ1n) is 7.65. The maximum Gasteiger partial charge on any atom is 0.254 e. The number of hydrogen-bond donors (Lipinski definition) is 0. The van der Waals surface area contributed by atoms with Gasteiger partial charge in [0.15, 0.2) is 11.6 Å². The monoisotopic (exact) mass is 363 g/mol. The molecule has 2 amide bonds. The first-order chi connectivity index (χ1) is 12.0. The summed E-state index contributed by atoms with van der Waals surface area (Å²) in [6.45, 7) is 1.45. The number of carbonyl (C=O) groups excluding carboxylic acids is 2. The smallest absolute Gasteiger partial charge is 0.254 e. The third-order valence-corrected chi connectivity index (χ3v) is 4.61. The Bertz CT molecular complexity index is 800. The summed E-state index contributed by atoms with van der Waals surface area (Å²) in [7, 11) is 0. The van der Waals surface area contributed by atoms with Gasteiger partial charge in [-0.1, -0.05) is 0 Å². The predicted molar refractivity (Wildman–Crippen MR) is 90.0 cm³/mol. The number of amides is 2. The molecule has 2 aromatic rings. The molecule has 1 aliphatic heterocycles. The van der Waals surface area contributed by atoms with Crippen LogP contribution >= 0.6 is 11.3 Å². The number of aromatic nitrogens is 1. The van der Waals surface area contributed by atoms with Crippen LogP contribution in [0.3, 0.4) is 0 Å². The molecule has 130 valence electrons. The fourth-order valence-electron chi connectivity index (χ4n) is 2.51. The number of rotatable bonds is 3. The average Bonchev–Trinajstić information content (AvgIpc) is 3.15. The van der Waals surface area contributed by atoms with Crippen LogP contribution in [0.5, 0.6) is 0 Å². The fraction of sp³-hybridized carbons (Fsp3) is 0.235. The lowest BCUT2D eigenvalue weighted by molar-refractivity contribution is -0.127. The van der Waals surface area contributed by atoms with Gasteiger partial charge in [-0.25, -0.2) is 13.8 Å². The van der Waals surface area contributed by atoms with E-state index in [1.54, 1.807) is 17.2 Å². The van der Waals surface area contributed by atoms with E-state index < -0.39 is 11.6 Å². The molecule has 0 N–H and O–H groups in total. The Morgan fingerprint density at radius 2 is 1.80 bits per heavy atom. The first-order valence-corrected chi connectivity index (χ1v) is 8.53. The second kappa shape index (κ2) is 7.52. The Morgan fingerprint density at radius 3 is 2.44 bits per heavy atom. The van der Waals surface area contributed by atoms with Crippen LogP contribution in [-0.4, -0.2) is 52.8 Å². The van der Waals surface area contributed by atoms with E-state index in [0.717, 1.165) is 17.1 Å². The van der Waals surface area contributed by atoms with Crippen LogP contribution in [0.25, 0.3) is 6.08 Å². The lowest BCUT2D eigenvalue weighted by atomic mass is 10.1. The quantitative estimate of drug-likeness (QED) is 0.787. The molecule has 8 heteroatoms. The largest absolute Gasteiger partial charge is 0.336 e. The standard InChI is InChI=1S/C17H15F2N3O2S/c18-13-2-1-12(11-14(13)19)17(24)22-8-6-21(7-9-22)16(23)4-3-15-20-5-10-25-15/h1-5,10-11H,6-9H2/b4-3+. The molecule has 1 aromatic carbocycles. The summed E-state index contributed by atoms with van der Waals surface area (Å²) in [6.07, 6.45) is 4.79. The third kappa shape index (κ3) is 4.08. The molecular weight excluding hydrogens is 348 g/mol. The lowest BCUT2D eigenvalue weighted by Crippen LogP contribution is -2.50. The van der Waals surface area contributed by atoms with E-state index in [-0.39, 0.29) is 17.4 Å². The number of hydrogen-bond acceptors (Lipinski definition) is 4. The zero-order valence-electron chi connectivity index (χ0n) is 13.2. The minimum absolute atomic E-state index is 0.0994. The molecule has 0 radical (unpaired) electrons. The normalized spacial score (nSPS) is 15.0. The average molecular weight is 363 g/mol. The Kier molecular flexibility index (Phi) is 5.18. The van der Waals surface area contributed by atoms with Gasteiger partial charge >= 0.3 is 0 Å². The summed E-state index contributed by atoms with van der Waals surface area (Å²) in [5.41, 5.74) is 0.0994. The van der Waals surface area contributed by atoms with Crippen molar-refractivity contribution in [1.82, 2.24) is 14.8 Å². The summed E-state index contributed by atoms with van der Waals surface area (Å²) in [5, 5.41) is 2.58. The number of halogens is 2. The zero-order valence-corrected chi connectivity index (χ0v) is 14.0. The Labute approximate surface area is 147 Å². The summed E-state index contributed by atoms with van der Waals surface area (Å²) in [6, 6.07) is 3.09. The van der Waals surface area contributed by atoms with Gasteiger partial charge in [-0.3, -0.25) is 9.59 Å². The van der Waals surface area contributed by atoms with Crippen molar-refractivity contribution in [3.8, 4) is 0 Å². The second-order valence-corrected chi connectivity index (χ2v) is 6.38. The van der Waals surface area contributed by atoms with E-state index >= 15 is 0 Å². The SMILES string of the molecule is O=C(/C=C/c1nccs1)N1CCN(C(=O)c2ccc(F)c(F)c2)CC1. The van der Waals surface area contributed by atoms with Crippen LogP contribution in [0.15, 0.2) is 35.9 Å². The van der Waals surface area contributed by atoms with E-state index in [0.29, 0.717) is 26.2 Å². The minimum atomic E-state index is -1.05. The molecule has 0 unspecified atom stereocenters. The Balaban J connectivity index is 1.56. The van der Waals surface area contributed by atoms with Crippen molar-refractivity contribution in [2.45, 2.75) is 0 Å². The molecule has 1 fully saturated rings. The molecule has 0 aliphatic carbocycles. The number of piperazine rings is 1. The van der Waals surface area contributed by atoms with Gasteiger partial charge < -0.3 is 9.80 Å². The Hall–Kier alpha value is -2.61. The van der Waals surface area contributed by atoms with Gasteiger partial charge in [0.25, 0.3) is 5.91 Å². The molecule has 1 aliphatic rings. The van der Waals surface area contributed by atoms with Crippen LogP contribution < -0.4 is 0 Å². The molecule has 3 rings (SSSR count). The lowest BCUT2D eigenvalue weighted by Gasteiger charge is -2.34. The van der Waals surface area contributed by atoms with Crippen molar-refractivity contribution in [1.29, 1.82) is 0 Å². The molecule has 2 heterocycles. The molecule has 0 bridgehead atoms. The van der Waals surface area contributed by atoms with Crippen molar-refractivity contribution in [3.05, 3.63) is 58.1 Å². The van der Waals surface area contributed by atoms with Crippen molar-refractivity contribution < 1.29 is 18.4 Å². The van der Waals surface area contributed by atoms with E-state index in [2.05, 4.69) is 4.98 Å². The maximum atomic E-state index is 13.3. The molecule has 0 saturated carbocycles. The predicted octanol–water partition coefficient (Wildman–Crippen LogP) is 2.42. The highest BCUT2D eigenvalue weighted by Gasteiger charge is 2.24. The Morgan fingerprint density at radius 1 is 1.08 bits per heavy atom. The van der Waals surface area contributed by atoms with Gasteiger partial charge in [-0.2, -0.15) is 0 Å². The molecule has 1 aromatic heterocycles. The molecule has 5 nitrogen and oxygen atoms in total.